The Morgan fingerprint density at radius 1 is 1.35 bits per heavy atom. The number of halogens is 1. The molecule has 0 aliphatic rings. The van der Waals surface area contributed by atoms with Crippen molar-refractivity contribution < 1.29 is 19.1 Å². The van der Waals surface area contributed by atoms with Gasteiger partial charge in [-0.2, -0.15) is 0 Å². The fourth-order valence-corrected chi connectivity index (χ4v) is 2.64. The molecule has 1 aromatic rings. The molecule has 0 spiro atoms. The first-order valence-corrected chi connectivity index (χ1v) is 7.32. The third kappa shape index (κ3) is 5.21. The lowest BCUT2D eigenvalue weighted by Crippen LogP contribution is -2.40. The first kappa shape index (κ1) is 16.5. The van der Waals surface area contributed by atoms with Gasteiger partial charge < -0.3 is 10.0 Å². The van der Waals surface area contributed by atoms with Gasteiger partial charge in [0.05, 0.1) is 12.2 Å². The van der Waals surface area contributed by atoms with Crippen LogP contribution in [0.15, 0.2) is 29.2 Å². The first-order chi connectivity index (χ1) is 9.43. The van der Waals surface area contributed by atoms with E-state index in [9.17, 15) is 14.0 Å². The molecule has 0 aliphatic carbocycles. The van der Waals surface area contributed by atoms with Gasteiger partial charge in [-0.15, -0.1) is 11.8 Å². The van der Waals surface area contributed by atoms with E-state index in [0.717, 1.165) is 4.90 Å². The lowest BCUT2D eigenvalue weighted by molar-refractivity contribution is -0.139. The van der Waals surface area contributed by atoms with Gasteiger partial charge in [0.25, 0.3) is 0 Å². The molecule has 1 atom stereocenters. The van der Waals surface area contributed by atoms with Crippen LogP contribution in [0.4, 0.5) is 4.39 Å². The molecule has 6 heteroatoms. The molecule has 1 N–H and O–H groups in total. The van der Waals surface area contributed by atoms with Crippen molar-refractivity contribution >= 4 is 23.6 Å². The Hall–Kier alpha value is -1.56. The second-order valence-corrected chi connectivity index (χ2v) is 5.42. The molecule has 0 radical (unpaired) electrons. The molecular weight excluding hydrogens is 281 g/mol. The van der Waals surface area contributed by atoms with Crippen LogP contribution in [0, 0.1) is 5.82 Å². The van der Waals surface area contributed by atoms with Crippen LogP contribution in [-0.4, -0.2) is 40.2 Å². The molecule has 0 saturated carbocycles. The Morgan fingerprint density at radius 2 is 1.95 bits per heavy atom. The number of amides is 1. The highest BCUT2D eigenvalue weighted by Gasteiger charge is 2.20. The van der Waals surface area contributed by atoms with Crippen LogP contribution >= 0.6 is 11.8 Å². The number of thioether (sulfide) groups is 1. The maximum absolute atomic E-state index is 12.8. The van der Waals surface area contributed by atoms with E-state index < -0.39 is 5.97 Å². The summed E-state index contributed by atoms with van der Waals surface area (Å²) < 4.78 is 12.8. The zero-order chi connectivity index (χ0) is 15.1. The molecule has 0 saturated heterocycles. The largest absolute Gasteiger partial charge is 0.481 e. The molecule has 0 heterocycles. The van der Waals surface area contributed by atoms with Gasteiger partial charge in [-0.25, -0.2) is 4.39 Å². The number of carboxylic acids is 1. The minimum absolute atomic E-state index is 0.0687. The SMILES string of the molecule is CCN(C(=O)CSc1ccc(F)cc1)C(C)CC(=O)O. The third-order valence-electron chi connectivity index (χ3n) is 2.84. The second kappa shape index (κ2) is 7.89. The Morgan fingerprint density at radius 3 is 2.45 bits per heavy atom. The molecular formula is C14H18FNO3S. The lowest BCUT2D eigenvalue weighted by atomic mass is 10.2. The predicted octanol–water partition coefficient (Wildman–Crippen LogP) is 2.63. The van der Waals surface area contributed by atoms with Gasteiger partial charge in [0.1, 0.15) is 5.82 Å². The number of carbonyl (C=O) groups excluding carboxylic acids is 1. The monoisotopic (exact) mass is 299 g/mol. The molecule has 1 amide bonds. The zero-order valence-corrected chi connectivity index (χ0v) is 12.3. The third-order valence-corrected chi connectivity index (χ3v) is 3.84. The van der Waals surface area contributed by atoms with Crippen LogP contribution in [0.3, 0.4) is 0 Å². The summed E-state index contributed by atoms with van der Waals surface area (Å²) in [6, 6.07) is 5.59. The Bertz CT molecular complexity index is 464. The van der Waals surface area contributed by atoms with Crippen molar-refractivity contribution in [1.82, 2.24) is 4.90 Å². The smallest absolute Gasteiger partial charge is 0.305 e. The van der Waals surface area contributed by atoms with Crippen LogP contribution < -0.4 is 0 Å². The van der Waals surface area contributed by atoms with Gasteiger partial charge in [0, 0.05) is 17.5 Å². The van der Waals surface area contributed by atoms with Crippen LogP contribution in [0.25, 0.3) is 0 Å². The van der Waals surface area contributed by atoms with Crippen molar-refractivity contribution in [2.45, 2.75) is 31.2 Å². The summed E-state index contributed by atoms with van der Waals surface area (Å²) >= 11 is 1.31. The summed E-state index contributed by atoms with van der Waals surface area (Å²) in [5, 5.41) is 8.77. The molecule has 1 aromatic carbocycles. The molecule has 1 unspecified atom stereocenters. The summed E-state index contributed by atoms with van der Waals surface area (Å²) in [7, 11) is 0. The maximum Gasteiger partial charge on any atom is 0.305 e. The highest BCUT2D eigenvalue weighted by molar-refractivity contribution is 8.00. The zero-order valence-electron chi connectivity index (χ0n) is 11.5. The molecule has 4 nitrogen and oxygen atoms in total. The Labute approximate surface area is 122 Å². The number of benzene rings is 1. The van der Waals surface area contributed by atoms with Crippen molar-refractivity contribution in [3.8, 4) is 0 Å². The minimum atomic E-state index is -0.921. The van der Waals surface area contributed by atoms with E-state index in [-0.39, 0.29) is 29.9 Å². The standard InChI is InChI=1S/C14H18FNO3S/c1-3-16(10(2)8-14(18)19)13(17)9-20-12-6-4-11(15)5-7-12/h4-7,10H,3,8-9H2,1-2H3,(H,18,19). The molecule has 110 valence electrons. The van der Waals surface area contributed by atoms with Gasteiger partial charge >= 0.3 is 5.97 Å². The average Bonchev–Trinajstić information content (AvgIpc) is 2.38. The van der Waals surface area contributed by atoms with Gasteiger partial charge in [0.2, 0.25) is 5.91 Å². The molecule has 0 aliphatic heterocycles. The average molecular weight is 299 g/mol. The number of nitrogens with zero attached hydrogens (tertiary/aromatic N) is 1. The lowest BCUT2D eigenvalue weighted by Gasteiger charge is -2.26. The predicted molar refractivity (Wildman–Crippen MR) is 76.2 cm³/mol. The van der Waals surface area contributed by atoms with E-state index in [4.69, 9.17) is 5.11 Å². The van der Waals surface area contributed by atoms with E-state index in [0.29, 0.717) is 6.54 Å². The van der Waals surface area contributed by atoms with E-state index in [1.165, 1.54) is 23.9 Å². The number of hydrogen-bond donors (Lipinski definition) is 1. The van der Waals surface area contributed by atoms with E-state index in [2.05, 4.69) is 0 Å². The highest BCUT2D eigenvalue weighted by atomic mass is 32.2. The Kier molecular flexibility index (Phi) is 6.51. The topological polar surface area (TPSA) is 57.6 Å². The van der Waals surface area contributed by atoms with Gasteiger partial charge in [-0.05, 0) is 38.1 Å². The van der Waals surface area contributed by atoms with E-state index in [1.54, 1.807) is 24.0 Å². The molecule has 0 aromatic heterocycles. The summed E-state index contributed by atoms with van der Waals surface area (Å²) in [4.78, 5) is 25.1. The summed E-state index contributed by atoms with van der Waals surface area (Å²) in [5.74, 6) is -1.14. The normalized spacial score (nSPS) is 11.9. The van der Waals surface area contributed by atoms with Crippen molar-refractivity contribution in [3.63, 3.8) is 0 Å². The minimum Gasteiger partial charge on any atom is -0.481 e. The van der Waals surface area contributed by atoms with Gasteiger partial charge in [0.15, 0.2) is 0 Å². The molecule has 1 rings (SSSR count). The first-order valence-electron chi connectivity index (χ1n) is 6.33. The fraction of sp³-hybridized carbons (Fsp3) is 0.429. The van der Waals surface area contributed by atoms with Gasteiger partial charge in [-0.1, -0.05) is 0 Å². The maximum atomic E-state index is 12.8. The molecule has 0 bridgehead atoms. The van der Waals surface area contributed by atoms with Crippen molar-refractivity contribution in [1.29, 1.82) is 0 Å². The second-order valence-electron chi connectivity index (χ2n) is 4.37. The number of carbonyl (C=O) groups is 2. The summed E-state index contributed by atoms with van der Waals surface area (Å²) in [6.45, 7) is 4.01. The molecule has 0 fully saturated rings. The Balaban J connectivity index is 2.54. The quantitative estimate of drug-likeness (QED) is 0.786. The number of hydrogen-bond acceptors (Lipinski definition) is 3. The van der Waals surface area contributed by atoms with E-state index >= 15 is 0 Å². The summed E-state index contributed by atoms with van der Waals surface area (Å²) in [6.07, 6.45) is -0.0687. The van der Waals surface area contributed by atoms with Gasteiger partial charge in [-0.3, -0.25) is 9.59 Å². The van der Waals surface area contributed by atoms with Crippen LogP contribution in [0.1, 0.15) is 20.3 Å². The van der Waals surface area contributed by atoms with Crippen LogP contribution in [0.2, 0.25) is 0 Å². The van der Waals surface area contributed by atoms with Crippen LogP contribution in [-0.2, 0) is 9.59 Å². The summed E-state index contributed by atoms with van der Waals surface area (Å²) in [5.41, 5.74) is 0. The van der Waals surface area contributed by atoms with Crippen molar-refractivity contribution in [3.05, 3.63) is 30.1 Å². The molecule has 20 heavy (non-hydrogen) atoms. The highest BCUT2D eigenvalue weighted by Crippen LogP contribution is 2.19. The number of aliphatic carboxylic acids is 1. The number of carboxylic acid groups (broad SMARTS) is 1. The van der Waals surface area contributed by atoms with Crippen molar-refractivity contribution in [2.24, 2.45) is 0 Å². The van der Waals surface area contributed by atoms with Crippen LogP contribution in [0.5, 0.6) is 0 Å². The van der Waals surface area contributed by atoms with E-state index in [1.807, 2.05) is 6.92 Å². The van der Waals surface area contributed by atoms with Crippen molar-refractivity contribution in [2.75, 3.05) is 12.3 Å². The number of rotatable bonds is 7. The fourth-order valence-electron chi connectivity index (χ4n) is 1.86.